The third-order valence-corrected chi connectivity index (χ3v) is 6.85. The summed E-state index contributed by atoms with van der Waals surface area (Å²) < 4.78 is 7.58. The molecule has 0 spiro atoms. The molecule has 0 N–H and O–H groups in total. The first-order chi connectivity index (χ1) is 16.9. The minimum atomic E-state index is -0.470. The van der Waals surface area contributed by atoms with Crippen LogP contribution in [0.15, 0.2) is 59.1 Å². The van der Waals surface area contributed by atoms with Gasteiger partial charge in [-0.15, -0.1) is 0 Å². The molecular weight excluding hydrogens is 442 g/mol. The Hall–Kier alpha value is -3.94. The highest BCUT2D eigenvalue weighted by Gasteiger charge is 2.36. The van der Waals surface area contributed by atoms with Crippen LogP contribution in [0, 0.1) is 6.92 Å². The van der Waals surface area contributed by atoms with Crippen molar-refractivity contribution in [3.8, 4) is 11.3 Å². The van der Waals surface area contributed by atoms with Crippen LogP contribution < -0.4 is 0 Å². The molecule has 35 heavy (non-hydrogen) atoms. The molecule has 0 saturated carbocycles. The van der Waals surface area contributed by atoms with Gasteiger partial charge in [0, 0.05) is 31.6 Å². The Morgan fingerprint density at radius 2 is 1.83 bits per heavy atom. The number of carbonyl (C=O) groups is 2. The average molecular weight is 472 g/mol. The fourth-order valence-electron chi connectivity index (χ4n) is 4.92. The van der Waals surface area contributed by atoms with Gasteiger partial charge in [0.25, 0.3) is 0 Å². The van der Waals surface area contributed by atoms with Gasteiger partial charge in [0.15, 0.2) is 0 Å². The number of hydrogen-bond donors (Lipinski definition) is 0. The van der Waals surface area contributed by atoms with Gasteiger partial charge in [-0.3, -0.25) is 9.59 Å². The lowest BCUT2D eigenvalue weighted by atomic mass is 10.1. The summed E-state index contributed by atoms with van der Waals surface area (Å²) in [5, 5.41) is 4.30. The molecule has 0 aliphatic carbocycles. The molecule has 2 amide bonds. The Kier molecular flexibility index (Phi) is 6.11. The highest BCUT2D eigenvalue weighted by Crippen LogP contribution is 2.29. The summed E-state index contributed by atoms with van der Waals surface area (Å²) in [5.74, 6) is 1.29. The van der Waals surface area contributed by atoms with Gasteiger partial charge >= 0.3 is 0 Å². The van der Waals surface area contributed by atoms with E-state index in [9.17, 15) is 9.59 Å². The summed E-state index contributed by atoms with van der Waals surface area (Å²) in [5.41, 5.74) is 4.40. The number of fused-ring (bicyclic) bond motifs is 1. The number of nitrogens with zero attached hydrogens (tertiary/aromatic N) is 5. The summed E-state index contributed by atoms with van der Waals surface area (Å²) >= 11 is 0. The van der Waals surface area contributed by atoms with Crippen molar-refractivity contribution in [3.05, 3.63) is 71.7 Å². The van der Waals surface area contributed by atoms with Crippen molar-refractivity contribution in [2.24, 2.45) is 7.05 Å². The van der Waals surface area contributed by atoms with Crippen LogP contribution in [0.3, 0.4) is 0 Å². The van der Waals surface area contributed by atoms with Gasteiger partial charge in [-0.25, -0.2) is 4.98 Å². The molecule has 8 nitrogen and oxygen atoms in total. The summed E-state index contributed by atoms with van der Waals surface area (Å²) in [4.78, 5) is 34.4. The maximum Gasteiger partial charge on any atom is 0.246 e. The standard InChI is InChI=1S/C27H29N5O3/c1-18-21(26(29-35-18)20-10-5-4-6-11-20)16-31(27(34)24-14-9-15-32(24)19(2)33)17-25-28-22-12-7-8-13-23(22)30(25)3/h4-8,10-13,24H,9,14-17H2,1-3H3. The fourth-order valence-corrected chi connectivity index (χ4v) is 4.92. The molecule has 2 aromatic heterocycles. The Labute approximate surface area is 204 Å². The molecule has 0 radical (unpaired) electrons. The van der Waals surface area contributed by atoms with Gasteiger partial charge in [-0.05, 0) is 31.9 Å². The van der Waals surface area contributed by atoms with E-state index in [1.807, 2.05) is 73.1 Å². The monoisotopic (exact) mass is 471 g/mol. The Morgan fingerprint density at radius 1 is 1.09 bits per heavy atom. The number of amides is 2. The minimum absolute atomic E-state index is 0.0744. The van der Waals surface area contributed by atoms with Gasteiger partial charge in [0.2, 0.25) is 11.8 Å². The second-order valence-corrected chi connectivity index (χ2v) is 9.07. The quantitative estimate of drug-likeness (QED) is 0.423. The van der Waals surface area contributed by atoms with Crippen LogP contribution in [0.25, 0.3) is 22.3 Å². The maximum absolute atomic E-state index is 13.9. The third-order valence-electron chi connectivity index (χ3n) is 6.85. The number of imidazole rings is 1. The lowest BCUT2D eigenvalue weighted by Gasteiger charge is -2.30. The lowest BCUT2D eigenvalue weighted by Crippen LogP contribution is -2.47. The molecule has 180 valence electrons. The van der Waals surface area contributed by atoms with Crippen molar-refractivity contribution >= 4 is 22.8 Å². The molecular formula is C27H29N5O3. The summed E-state index contributed by atoms with van der Waals surface area (Å²) in [6.07, 6.45) is 1.48. The molecule has 1 aliphatic heterocycles. The molecule has 1 aliphatic rings. The van der Waals surface area contributed by atoms with Crippen molar-refractivity contribution in [1.29, 1.82) is 0 Å². The highest BCUT2D eigenvalue weighted by molar-refractivity contribution is 5.87. The molecule has 0 bridgehead atoms. The van der Waals surface area contributed by atoms with Gasteiger partial charge in [-0.2, -0.15) is 0 Å². The number of rotatable bonds is 6. The van der Waals surface area contributed by atoms with Crippen LogP contribution in [0.4, 0.5) is 0 Å². The van der Waals surface area contributed by atoms with E-state index in [4.69, 9.17) is 9.51 Å². The van der Waals surface area contributed by atoms with Gasteiger partial charge in [0.1, 0.15) is 23.3 Å². The average Bonchev–Trinajstić information content (AvgIpc) is 3.57. The van der Waals surface area contributed by atoms with Crippen molar-refractivity contribution in [1.82, 2.24) is 24.5 Å². The Balaban J connectivity index is 1.53. The predicted molar refractivity (Wildman–Crippen MR) is 132 cm³/mol. The van der Waals surface area contributed by atoms with Crippen LogP contribution in [-0.4, -0.2) is 48.9 Å². The van der Waals surface area contributed by atoms with Crippen LogP contribution in [0.5, 0.6) is 0 Å². The van der Waals surface area contributed by atoms with Crippen LogP contribution in [0.2, 0.25) is 0 Å². The summed E-state index contributed by atoms with van der Waals surface area (Å²) in [6.45, 7) is 4.62. The van der Waals surface area contributed by atoms with Crippen LogP contribution in [-0.2, 0) is 29.7 Å². The smallest absolute Gasteiger partial charge is 0.246 e. The van der Waals surface area contributed by atoms with E-state index in [0.717, 1.165) is 40.1 Å². The second kappa shape index (κ2) is 9.37. The third kappa shape index (κ3) is 4.32. The topological polar surface area (TPSA) is 84.5 Å². The number of para-hydroxylation sites is 2. The molecule has 1 fully saturated rings. The fraction of sp³-hybridized carbons (Fsp3) is 0.333. The number of aromatic nitrogens is 3. The van der Waals surface area contributed by atoms with Gasteiger partial charge in [-0.1, -0.05) is 47.6 Å². The molecule has 1 atom stereocenters. The van der Waals surface area contributed by atoms with Crippen LogP contribution >= 0.6 is 0 Å². The zero-order chi connectivity index (χ0) is 24.5. The number of likely N-dealkylation sites (tertiary alicyclic amines) is 1. The SMILES string of the molecule is CC(=O)N1CCCC1C(=O)N(Cc1c(-c2ccccc2)noc1C)Cc1nc2ccccc2n1C. The molecule has 2 aromatic carbocycles. The van der Waals surface area contributed by atoms with Crippen molar-refractivity contribution in [2.75, 3.05) is 6.54 Å². The number of benzene rings is 2. The first-order valence-corrected chi connectivity index (χ1v) is 11.9. The molecule has 8 heteroatoms. The van der Waals surface area contributed by atoms with Crippen molar-refractivity contribution < 1.29 is 14.1 Å². The van der Waals surface area contributed by atoms with E-state index in [1.165, 1.54) is 6.92 Å². The maximum atomic E-state index is 13.9. The Bertz CT molecular complexity index is 1370. The van der Waals surface area contributed by atoms with E-state index in [-0.39, 0.29) is 11.8 Å². The molecule has 4 aromatic rings. The molecule has 5 rings (SSSR count). The largest absolute Gasteiger partial charge is 0.361 e. The van der Waals surface area contributed by atoms with Gasteiger partial charge < -0.3 is 18.9 Å². The molecule has 1 unspecified atom stereocenters. The lowest BCUT2D eigenvalue weighted by molar-refractivity contribution is -0.143. The van der Waals surface area contributed by atoms with E-state index < -0.39 is 6.04 Å². The van der Waals surface area contributed by atoms with E-state index >= 15 is 0 Å². The highest BCUT2D eigenvalue weighted by atomic mass is 16.5. The number of carbonyl (C=O) groups excluding carboxylic acids is 2. The number of hydrogen-bond acceptors (Lipinski definition) is 5. The van der Waals surface area contributed by atoms with E-state index in [2.05, 4.69) is 5.16 Å². The van der Waals surface area contributed by atoms with E-state index in [1.54, 1.807) is 9.80 Å². The summed E-state index contributed by atoms with van der Waals surface area (Å²) in [6, 6.07) is 17.3. The van der Waals surface area contributed by atoms with E-state index in [0.29, 0.717) is 31.8 Å². The first-order valence-electron chi connectivity index (χ1n) is 11.9. The van der Waals surface area contributed by atoms with Crippen LogP contribution in [0.1, 0.15) is 36.9 Å². The van der Waals surface area contributed by atoms with Gasteiger partial charge in [0.05, 0.1) is 24.1 Å². The van der Waals surface area contributed by atoms with Crippen molar-refractivity contribution in [2.45, 2.75) is 45.8 Å². The Morgan fingerprint density at radius 3 is 2.57 bits per heavy atom. The predicted octanol–water partition coefficient (Wildman–Crippen LogP) is 4.08. The van der Waals surface area contributed by atoms with Crippen molar-refractivity contribution in [3.63, 3.8) is 0 Å². The minimum Gasteiger partial charge on any atom is -0.361 e. The second-order valence-electron chi connectivity index (χ2n) is 9.07. The molecule has 3 heterocycles. The first kappa shape index (κ1) is 22.8. The normalized spacial score (nSPS) is 15.6. The molecule has 1 saturated heterocycles. The summed E-state index contributed by atoms with van der Waals surface area (Å²) in [7, 11) is 1.96. The zero-order valence-corrected chi connectivity index (χ0v) is 20.3. The number of aryl methyl sites for hydroxylation is 2. The zero-order valence-electron chi connectivity index (χ0n) is 20.3.